The molecule has 3 nitrogen and oxygen atoms in total. The molecular weight excluding hydrogens is 252 g/mol. The van der Waals surface area contributed by atoms with Crippen molar-refractivity contribution < 1.29 is 14.3 Å². The van der Waals surface area contributed by atoms with Gasteiger partial charge in [0.15, 0.2) is 0 Å². The van der Waals surface area contributed by atoms with Crippen molar-refractivity contribution in [1.82, 2.24) is 0 Å². The molecule has 0 N–H and O–H groups in total. The highest BCUT2D eigenvalue weighted by molar-refractivity contribution is 5.70. The molecule has 1 rings (SSSR count). The van der Waals surface area contributed by atoms with E-state index in [1.807, 2.05) is 30.3 Å². The summed E-state index contributed by atoms with van der Waals surface area (Å²) in [5.41, 5.74) is 0.942. The maximum atomic E-state index is 11.7. The van der Waals surface area contributed by atoms with Crippen molar-refractivity contribution in [3.05, 3.63) is 42.5 Å². The summed E-state index contributed by atoms with van der Waals surface area (Å²) < 4.78 is 10.4. The average molecular weight is 272 g/mol. The van der Waals surface area contributed by atoms with E-state index in [0.29, 0.717) is 5.57 Å². The Morgan fingerprint density at radius 2 is 1.95 bits per heavy atom. The summed E-state index contributed by atoms with van der Waals surface area (Å²) in [6.45, 7) is 9.29. The summed E-state index contributed by atoms with van der Waals surface area (Å²) in [6.07, 6.45) is 4.26. The van der Waals surface area contributed by atoms with Crippen LogP contribution < -0.4 is 0 Å². The molecule has 0 aliphatic heterocycles. The monoisotopic (exact) mass is 272 g/mol. The zero-order valence-electron chi connectivity index (χ0n) is 12.2. The normalized spacial score (nSPS) is 12.1. The van der Waals surface area contributed by atoms with Crippen molar-refractivity contribution >= 4 is 11.7 Å². The Hall–Kier alpha value is -2.21. The van der Waals surface area contributed by atoms with Crippen LogP contribution in [-0.4, -0.2) is 17.9 Å². The van der Waals surface area contributed by atoms with Crippen LogP contribution in [0.2, 0.25) is 0 Å². The molecule has 0 heterocycles. The SMILES string of the molecule is C#CC[C@@H](OC(=O)OC(C)(C)C)C(=C)c1ccccc1. The van der Waals surface area contributed by atoms with Crippen molar-refractivity contribution in [2.24, 2.45) is 0 Å². The van der Waals surface area contributed by atoms with E-state index in [4.69, 9.17) is 15.9 Å². The molecule has 0 bridgehead atoms. The second kappa shape index (κ2) is 6.81. The van der Waals surface area contributed by atoms with Crippen LogP contribution >= 0.6 is 0 Å². The van der Waals surface area contributed by atoms with E-state index in [9.17, 15) is 4.79 Å². The molecule has 1 atom stereocenters. The fourth-order valence-corrected chi connectivity index (χ4v) is 1.57. The topological polar surface area (TPSA) is 35.5 Å². The summed E-state index contributed by atoms with van der Waals surface area (Å²) in [6, 6.07) is 9.47. The van der Waals surface area contributed by atoms with Crippen LogP contribution in [0.25, 0.3) is 5.57 Å². The van der Waals surface area contributed by atoms with E-state index in [2.05, 4.69) is 12.5 Å². The molecule has 0 saturated heterocycles. The van der Waals surface area contributed by atoms with Crippen LogP contribution in [0.5, 0.6) is 0 Å². The van der Waals surface area contributed by atoms with E-state index in [-0.39, 0.29) is 6.42 Å². The maximum absolute atomic E-state index is 11.7. The molecule has 0 fully saturated rings. The molecule has 20 heavy (non-hydrogen) atoms. The highest BCUT2D eigenvalue weighted by Crippen LogP contribution is 2.22. The van der Waals surface area contributed by atoms with Gasteiger partial charge in [0, 0.05) is 0 Å². The predicted octanol–water partition coefficient (Wildman–Crippen LogP) is 4.04. The molecule has 0 aromatic heterocycles. The largest absolute Gasteiger partial charge is 0.509 e. The highest BCUT2D eigenvalue weighted by atomic mass is 16.7. The van der Waals surface area contributed by atoms with Gasteiger partial charge >= 0.3 is 6.16 Å². The lowest BCUT2D eigenvalue weighted by molar-refractivity contribution is -0.0159. The van der Waals surface area contributed by atoms with Crippen LogP contribution in [0.1, 0.15) is 32.8 Å². The number of hydrogen-bond donors (Lipinski definition) is 0. The number of rotatable bonds is 4. The Morgan fingerprint density at radius 3 is 2.45 bits per heavy atom. The Balaban J connectivity index is 2.77. The smallest absolute Gasteiger partial charge is 0.429 e. The second-order valence-electron chi connectivity index (χ2n) is 5.37. The summed E-state index contributed by atoms with van der Waals surface area (Å²) in [7, 11) is 0. The summed E-state index contributed by atoms with van der Waals surface area (Å²) in [4.78, 5) is 11.7. The molecule has 0 aliphatic carbocycles. The number of carbonyl (C=O) groups is 1. The van der Waals surface area contributed by atoms with Crippen molar-refractivity contribution in [2.45, 2.75) is 38.9 Å². The molecular formula is C17H20O3. The number of carbonyl (C=O) groups excluding carboxylic acids is 1. The molecule has 0 amide bonds. The first-order valence-electron chi connectivity index (χ1n) is 6.41. The fourth-order valence-electron chi connectivity index (χ4n) is 1.57. The third-order valence-electron chi connectivity index (χ3n) is 2.46. The molecule has 1 aromatic carbocycles. The van der Waals surface area contributed by atoms with Gasteiger partial charge < -0.3 is 9.47 Å². The Morgan fingerprint density at radius 1 is 1.35 bits per heavy atom. The van der Waals surface area contributed by atoms with Crippen LogP contribution in [-0.2, 0) is 9.47 Å². The lowest BCUT2D eigenvalue weighted by atomic mass is 10.0. The summed E-state index contributed by atoms with van der Waals surface area (Å²) in [5.74, 6) is 2.49. The van der Waals surface area contributed by atoms with Gasteiger partial charge in [-0.2, -0.15) is 0 Å². The van der Waals surface area contributed by atoms with Crippen LogP contribution in [0.3, 0.4) is 0 Å². The lowest BCUT2D eigenvalue weighted by Gasteiger charge is -2.23. The fraction of sp³-hybridized carbons (Fsp3) is 0.353. The van der Waals surface area contributed by atoms with Gasteiger partial charge in [-0.1, -0.05) is 36.9 Å². The van der Waals surface area contributed by atoms with Crippen molar-refractivity contribution in [1.29, 1.82) is 0 Å². The molecule has 0 aliphatic rings. The third-order valence-corrected chi connectivity index (χ3v) is 2.46. The molecule has 0 unspecified atom stereocenters. The van der Waals surface area contributed by atoms with Gasteiger partial charge in [-0.3, -0.25) is 0 Å². The van der Waals surface area contributed by atoms with Crippen LogP contribution in [0, 0.1) is 12.3 Å². The average Bonchev–Trinajstić information content (AvgIpc) is 2.36. The predicted molar refractivity (Wildman–Crippen MR) is 80.0 cm³/mol. The van der Waals surface area contributed by atoms with Crippen LogP contribution in [0.4, 0.5) is 4.79 Å². The van der Waals surface area contributed by atoms with E-state index in [1.165, 1.54) is 0 Å². The second-order valence-corrected chi connectivity index (χ2v) is 5.37. The molecule has 0 spiro atoms. The molecule has 0 radical (unpaired) electrons. The van der Waals surface area contributed by atoms with Crippen molar-refractivity contribution in [2.75, 3.05) is 0 Å². The molecule has 106 valence electrons. The van der Waals surface area contributed by atoms with Gasteiger partial charge in [0.2, 0.25) is 0 Å². The van der Waals surface area contributed by atoms with Gasteiger partial charge in [-0.25, -0.2) is 4.79 Å². The minimum absolute atomic E-state index is 0.257. The summed E-state index contributed by atoms with van der Waals surface area (Å²) in [5, 5.41) is 0. The van der Waals surface area contributed by atoms with Gasteiger partial charge in [0.25, 0.3) is 0 Å². The minimum atomic E-state index is -0.741. The van der Waals surface area contributed by atoms with Gasteiger partial charge in [-0.05, 0) is 31.9 Å². The van der Waals surface area contributed by atoms with Gasteiger partial charge in [0.1, 0.15) is 11.7 Å². The Bertz CT molecular complexity index is 503. The zero-order chi connectivity index (χ0) is 15.2. The van der Waals surface area contributed by atoms with E-state index in [0.717, 1.165) is 5.56 Å². The van der Waals surface area contributed by atoms with Crippen molar-refractivity contribution in [3.63, 3.8) is 0 Å². The number of terminal acetylenes is 1. The Labute approximate surface area is 120 Å². The van der Waals surface area contributed by atoms with E-state index in [1.54, 1.807) is 20.8 Å². The maximum Gasteiger partial charge on any atom is 0.509 e. The van der Waals surface area contributed by atoms with Gasteiger partial charge in [-0.15, -0.1) is 12.3 Å². The third kappa shape index (κ3) is 5.19. The van der Waals surface area contributed by atoms with Crippen LogP contribution in [0.15, 0.2) is 36.9 Å². The number of ether oxygens (including phenoxy) is 2. The first-order chi connectivity index (χ1) is 9.33. The molecule has 0 saturated carbocycles. The van der Waals surface area contributed by atoms with Gasteiger partial charge in [0.05, 0.1) is 6.42 Å². The lowest BCUT2D eigenvalue weighted by Crippen LogP contribution is -2.28. The first kappa shape index (κ1) is 15.8. The zero-order valence-corrected chi connectivity index (χ0v) is 12.2. The summed E-state index contributed by atoms with van der Waals surface area (Å²) >= 11 is 0. The molecule has 1 aromatic rings. The number of hydrogen-bond acceptors (Lipinski definition) is 3. The number of benzene rings is 1. The van der Waals surface area contributed by atoms with E-state index < -0.39 is 17.9 Å². The first-order valence-corrected chi connectivity index (χ1v) is 6.41. The minimum Gasteiger partial charge on any atom is -0.429 e. The Kier molecular flexibility index (Phi) is 5.40. The molecule has 3 heteroatoms. The quantitative estimate of drug-likeness (QED) is 0.613. The van der Waals surface area contributed by atoms with E-state index >= 15 is 0 Å². The van der Waals surface area contributed by atoms with Crippen molar-refractivity contribution in [3.8, 4) is 12.3 Å². The standard InChI is InChI=1S/C17H20O3/c1-6-10-15(19-16(18)20-17(3,4)5)13(2)14-11-8-7-9-12-14/h1,7-9,11-12,15H,2,10H2,3-5H3/t15-/m1/s1. The highest BCUT2D eigenvalue weighted by Gasteiger charge is 2.23.